The summed E-state index contributed by atoms with van der Waals surface area (Å²) in [5.41, 5.74) is 3.93. The average molecular weight is 239 g/mol. The van der Waals surface area contributed by atoms with Crippen LogP contribution in [0.4, 0.5) is 0 Å². The Morgan fingerprint density at radius 1 is 1.25 bits per heavy atom. The van der Waals surface area contributed by atoms with Crippen LogP contribution in [0.15, 0.2) is 12.1 Å². The Bertz CT molecular complexity index is 404. The molecule has 2 heteroatoms. The quantitative estimate of drug-likeness (QED) is 0.793. The van der Waals surface area contributed by atoms with Crippen LogP contribution in [0.25, 0.3) is 0 Å². The van der Waals surface area contributed by atoms with E-state index in [1.165, 1.54) is 11.1 Å². The lowest BCUT2D eigenvalue weighted by atomic mass is 9.79. The van der Waals surface area contributed by atoms with Gasteiger partial charge in [-0.2, -0.15) is 0 Å². The van der Waals surface area contributed by atoms with E-state index in [0.29, 0.717) is 16.4 Å². The summed E-state index contributed by atoms with van der Waals surface area (Å²) in [6, 6.07) is 4.11. The van der Waals surface area contributed by atoms with Gasteiger partial charge in [0, 0.05) is 5.02 Å². The summed E-state index contributed by atoms with van der Waals surface area (Å²) in [5, 5.41) is 9.90. The zero-order chi connectivity index (χ0) is 11.9. The molecule has 1 nitrogen and oxygen atoms in total. The summed E-state index contributed by atoms with van der Waals surface area (Å²) in [7, 11) is 0. The number of hydrogen-bond donors (Lipinski definition) is 1. The molecule has 0 bridgehead atoms. The highest BCUT2D eigenvalue weighted by molar-refractivity contribution is 6.31. The molecule has 0 aliphatic heterocycles. The SMILES string of the molecule is CC(C)(C)C1Cc2cc(Cl)c(CO)cc2C1. The van der Waals surface area contributed by atoms with E-state index in [4.69, 9.17) is 11.6 Å². The van der Waals surface area contributed by atoms with Crippen LogP contribution >= 0.6 is 11.6 Å². The highest BCUT2D eigenvalue weighted by Gasteiger charge is 2.31. The van der Waals surface area contributed by atoms with Gasteiger partial charge in [-0.1, -0.05) is 38.4 Å². The van der Waals surface area contributed by atoms with Crippen LogP contribution in [0, 0.1) is 11.3 Å². The Hall–Kier alpha value is -0.530. The van der Waals surface area contributed by atoms with E-state index in [0.717, 1.165) is 18.4 Å². The van der Waals surface area contributed by atoms with Gasteiger partial charge < -0.3 is 5.11 Å². The molecule has 88 valence electrons. The first kappa shape index (κ1) is 11.9. The van der Waals surface area contributed by atoms with Crippen molar-refractivity contribution >= 4 is 11.6 Å². The second-order valence-electron chi connectivity index (χ2n) is 5.84. The fraction of sp³-hybridized carbons (Fsp3) is 0.571. The summed E-state index contributed by atoms with van der Waals surface area (Å²) in [5.74, 6) is 0.688. The van der Waals surface area contributed by atoms with E-state index in [1.54, 1.807) is 0 Å². The number of hydrogen-bond acceptors (Lipinski definition) is 1. The van der Waals surface area contributed by atoms with Gasteiger partial charge in [0.15, 0.2) is 0 Å². The summed E-state index contributed by atoms with van der Waals surface area (Å²) < 4.78 is 0. The molecule has 0 heterocycles. The highest BCUT2D eigenvalue weighted by atomic mass is 35.5. The first-order valence-electron chi connectivity index (χ1n) is 5.83. The van der Waals surface area contributed by atoms with E-state index in [2.05, 4.69) is 26.8 Å². The van der Waals surface area contributed by atoms with Crippen LogP contribution in [0.2, 0.25) is 5.02 Å². The van der Waals surface area contributed by atoms with E-state index < -0.39 is 0 Å². The van der Waals surface area contributed by atoms with Gasteiger partial charge in [-0.15, -0.1) is 0 Å². The standard InChI is InChI=1S/C14H19ClO/c1-14(2,3)12-5-9-4-11(8-16)13(15)7-10(9)6-12/h4,7,12,16H,5-6,8H2,1-3H3. The monoisotopic (exact) mass is 238 g/mol. The molecule has 1 N–H and O–H groups in total. The van der Waals surface area contributed by atoms with Crippen molar-refractivity contribution in [2.24, 2.45) is 11.3 Å². The van der Waals surface area contributed by atoms with Gasteiger partial charge in [-0.05, 0) is 46.9 Å². The summed E-state index contributed by atoms with van der Waals surface area (Å²) in [6.07, 6.45) is 2.23. The molecule has 0 saturated carbocycles. The first-order valence-corrected chi connectivity index (χ1v) is 6.20. The van der Waals surface area contributed by atoms with Crippen molar-refractivity contribution in [1.29, 1.82) is 0 Å². The number of rotatable bonds is 1. The summed E-state index contributed by atoms with van der Waals surface area (Å²) in [4.78, 5) is 0. The normalized spacial score (nSPS) is 19.9. The molecular formula is C14H19ClO. The number of fused-ring (bicyclic) bond motifs is 1. The van der Waals surface area contributed by atoms with Crippen molar-refractivity contribution in [3.05, 3.63) is 33.8 Å². The molecule has 0 fully saturated rings. The van der Waals surface area contributed by atoms with Gasteiger partial charge >= 0.3 is 0 Å². The van der Waals surface area contributed by atoms with E-state index >= 15 is 0 Å². The van der Waals surface area contributed by atoms with Crippen molar-refractivity contribution in [3.8, 4) is 0 Å². The topological polar surface area (TPSA) is 20.2 Å². The third-order valence-electron chi connectivity index (χ3n) is 3.70. The maximum Gasteiger partial charge on any atom is 0.0696 e. The third kappa shape index (κ3) is 2.11. The average Bonchev–Trinajstić information content (AvgIpc) is 2.58. The molecule has 1 atom stereocenters. The van der Waals surface area contributed by atoms with Gasteiger partial charge in [0.1, 0.15) is 0 Å². The Morgan fingerprint density at radius 2 is 1.81 bits per heavy atom. The lowest BCUT2D eigenvalue weighted by Gasteiger charge is -2.26. The minimum atomic E-state index is 0.0340. The van der Waals surface area contributed by atoms with Gasteiger partial charge in [-0.3, -0.25) is 0 Å². The van der Waals surface area contributed by atoms with Crippen LogP contribution < -0.4 is 0 Å². The smallest absolute Gasteiger partial charge is 0.0696 e. The van der Waals surface area contributed by atoms with E-state index in [-0.39, 0.29) is 6.61 Å². The first-order chi connectivity index (χ1) is 7.41. The van der Waals surface area contributed by atoms with Crippen LogP contribution in [-0.2, 0) is 19.4 Å². The van der Waals surface area contributed by atoms with Crippen LogP contribution in [-0.4, -0.2) is 5.11 Å². The molecule has 1 aliphatic rings. The number of aliphatic hydroxyl groups is 1. The molecule has 0 aromatic heterocycles. The molecule has 1 aliphatic carbocycles. The summed E-state index contributed by atoms with van der Waals surface area (Å²) >= 11 is 6.11. The van der Waals surface area contributed by atoms with Gasteiger partial charge in [0.05, 0.1) is 6.61 Å². The Balaban J connectivity index is 2.31. The molecule has 0 spiro atoms. The zero-order valence-corrected chi connectivity index (χ0v) is 10.9. The zero-order valence-electron chi connectivity index (χ0n) is 10.2. The van der Waals surface area contributed by atoms with Gasteiger partial charge in [0.25, 0.3) is 0 Å². The van der Waals surface area contributed by atoms with Crippen molar-refractivity contribution < 1.29 is 5.11 Å². The largest absolute Gasteiger partial charge is 0.392 e. The Morgan fingerprint density at radius 3 is 2.31 bits per heavy atom. The predicted octanol–water partition coefficient (Wildman–Crippen LogP) is 3.59. The number of halogens is 1. The molecule has 16 heavy (non-hydrogen) atoms. The van der Waals surface area contributed by atoms with Crippen molar-refractivity contribution in [1.82, 2.24) is 0 Å². The van der Waals surface area contributed by atoms with Crippen molar-refractivity contribution in [2.45, 2.75) is 40.2 Å². The molecular weight excluding hydrogens is 220 g/mol. The lowest BCUT2D eigenvalue weighted by molar-refractivity contribution is 0.251. The molecule has 0 amide bonds. The minimum Gasteiger partial charge on any atom is -0.392 e. The molecule has 1 aromatic rings. The second-order valence-corrected chi connectivity index (χ2v) is 6.25. The fourth-order valence-corrected chi connectivity index (χ4v) is 2.67. The maximum atomic E-state index is 9.19. The van der Waals surface area contributed by atoms with E-state index in [9.17, 15) is 5.11 Å². The second kappa shape index (κ2) is 4.05. The van der Waals surface area contributed by atoms with Crippen molar-refractivity contribution in [3.63, 3.8) is 0 Å². The van der Waals surface area contributed by atoms with Crippen molar-refractivity contribution in [2.75, 3.05) is 0 Å². The highest BCUT2D eigenvalue weighted by Crippen LogP contribution is 2.39. The molecule has 1 aromatic carbocycles. The van der Waals surface area contributed by atoms with Crippen LogP contribution in [0.1, 0.15) is 37.5 Å². The van der Waals surface area contributed by atoms with Crippen LogP contribution in [0.3, 0.4) is 0 Å². The minimum absolute atomic E-state index is 0.0340. The lowest BCUT2D eigenvalue weighted by Crippen LogP contribution is -2.20. The molecule has 1 unspecified atom stereocenters. The maximum absolute atomic E-state index is 9.19. The third-order valence-corrected chi connectivity index (χ3v) is 4.05. The molecule has 0 radical (unpaired) electrons. The number of aliphatic hydroxyl groups excluding tert-OH is 1. The Kier molecular flexibility index (Phi) is 3.02. The summed E-state index contributed by atoms with van der Waals surface area (Å²) in [6.45, 7) is 6.90. The molecule has 0 saturated heterocycles. The molecule has 2 rings (SSSR count). The van der Waals surface area contributed by atoms with Crippen LogP contribution in [0.5, 0.6) is 0 Å². The Labute approximate surface area is 102 Å². The van der Waals surface area contributed by atoms with E-state index in [1.807, 2.05) is 6.07 Å². The van der Waals surface area contributed by atoms with Gasteiger partial charge in [0.2, 0.25) is 0 Å². The predicted molar refractivity (Wildman–Crippen MR) is 67.7 cm³/mol. The number of benzene rings is 1. The van der Waals surface area contributed by atoms with Gasteiger partial charge in [-0.25, -0.2) is 0 Å². The fourth-order valence-electron chi connectivity index (χ4n) is 2.43.